The molecule has 0 radical (unpaired) electrons. The van der Waals surface area contributed by atoms with Crippen molar-refractivity contribution < 1.29 is 14.3 Å². The van der Waals surface area contributed by atoms with Crippen LogP contribution in [0.2, 0.25) is 0 Å². The maximum Gasteiger partial charge on any atom is 0.226 e. The number of morpholine rings is 1. The van der Waals surface area contributed by atoms with Gasteiger partial charge in [0.1, 0.15) is 0 Å². The number of Topliss-reactive ketones (excluding diaryl/α,β-unsaturated/α-hetero) is 1. The lowest BCUT2D eigenvalue weighted by atomic mass is 9.75. The SMILES string of the molecule is CC1(C)CC(=O)c2sc(N3CCOCC3)c(-c3ccnc(-c4cccc(CC(=O)N5CCCC5)c4)c3)c2C1. The zero-order chi connectivity index (χ0) is 26.3. The first-order chi connectivity index (χ1) is 18.4. The van der Waals surface area contributed by atoms with E-state index >= 15 is 0 Å². The van der Waals surface area contributed by atoms with Crippen molar-refractivity contribution in [1.29, 1.82) is 0 Å². The number of ketones is 1. The summed E-state index contributed by atoms with van der Waals surface area (Å²) in [4.78, 5) is 36.0. The van der Waals surface area contributed by atoms with Gasteiger partial charge in [-0.1, -0.05) is 32.0 Å². The van der Waals surface area contributed by atoms with E-state index in [1.807, 2.05) is 23.2 Å². The molecule has 1 amide bonds. The van der Waals surface area contributed by atoms with E-state index in [2.05, 4.69) is 43.0 Å². The summed E-state index contributed by atoms with van der Waals surface area (Å²) in [6.07, 6.45) is 5.97. The molecule has 6 rings (SSSR count). The molecule has 0 unspecified atom stereocenters. The molecule has 0 bridgehead atoms. The first-order valence-corrected chi connectivity index (χ1v) is 14.5. The number of hydrogen-bond donors (Lipinski definition) is 0. The quantitative estimate of drug-likeness (QED) is 0.428. The third kappa shape index (κ3) is 5.02. The van der Waals surface area contributed by atoms with Crippen LogP contribution in [0.3, 0.4) is 0 Å². The van der Waals surface area contributed by atoms with Gasteiger partial charge in [-0.15, -0.1) is 11.3 Å². The fourth-order valence-electron chi connectivity index (χ4n) is 6.03. The molecule has 0 atom stereocenters. The van der Waals surface area contributed by atoms with Gasteiger partial charge in [0, 0.05) is 49.9 Å². The minimum absolute atomic E-state index is 0.0613. The van der Waals surface area contributed by atoms with E-state index in [9.17, 15) is 9.59 Å². The smallest absolute Gasteiger partial charge is 0.226 e. The Labute approximate surface area is 228 Å². The minimum Gasteiger partial charge on any atom is -0.378 e. The van der Waals surface area contributed by atoms with E-state index < -0.39 is 0 Å². The number of thiophene rings is 1. The predicted octanol–water partition coefficient (Wildman–Crippen LogP) is 5.63. The fraction of sp³-hybridized carbons (Fsp3) is 0.452. The standard InChI is InChI=1S/C31H35N3O3S/c1-31(2)19-24-28(30(34-12-14-37-15-13-34)38-29(24)26(35)20-31)23-8-9-32-25(18-23)22-7-5-6-21(16-22)17-27(36)33-10-3-4-11-33/h5-9,16,18H,3-4,10-15,17,19-20H2,1-2H3. The van der Waals surface area contributed by atoms with Gasteiger partial charge < -0.3 is 14.5 Å². The minimum atomic E-state index is -0.0613. The number of benzene rings is 1. The first kappa shape index (κ1) is 25.3. The third-order valence-corrected chi connectivity index (χ3v) is 9.25. The largest absolute Gasteiger partial charge is 0.378 e. The van der Waals surface area contributed by atoms with E-state index in [1.165, 1.54) is 16.1 Å². The lowest BCUT2D eigenvalue weighted by Gasteiger charge is -2.30. The van der Waals surface area contributed by atoms with Gasteiger partial charge in [-0.2, -0.15) is 0 Å². The monoisotopic (exact) mass is 529 g/mol. The number of fused-ring (bicyclic) bond motifs is 1. The molecule has 3 aliphatic rings. The van der Waals surface area contributed by atoms with Crippen LogP contribution in [-0.4, -0.2) is 61.0 Å². The highest BCUT2D eigenvalue weighted by atomic mass is 32.1. The van der Waals surface area contributed by atoms with Gasteiger partial charge >= 0.3 is 0 Å². The number of ether oxygens (including phenoxy) is 1. The highest BCUT2D eigenvalue weighted by Gasteiger charge is 2.37. The lowest BCUT2D eigenvalue weighted by molar-refractivity contribution is -0.129. The molecule has 0 spiro atoms. The number of carbonyl (C=O) groups is 2. The average Bonchev–Trinajstić information content (AvgIpc) is 3.58. The number of rotatable bonds is 5. The molecule has 0 saturated carbocycles. The highest BCUT2D eigenvalue weighted by Crippen LogP contribution is 2.49. The molecule has 198 valence electrons. The molecule has 6 nitrogen and oxygen atoms in total. The predicted molar refractivity (Wildman–Crippen MR) is 152 cm³/mol. The van der Waals surface area contributed by atoms with Crippen LogP contribution in [0.25, 0.3) is 22.4 Å². The van der Waals surface area contributed by atoms with Crippen molar-refractivity contribution in [2.24, 2.45) is 5.41 Å². The Morgan fingerprint density at radius 1 is 1.03 bits per heavy atom. The average molecular weight is 530 g/mol. The fourth-order valence-corrected chi connectivity index (χ4v) is 7.36. The van der Waals surface area contributed by atoms with Crippen LogP contribution in [0, 0.1) is 5.41 Å². The van der Waals surface area contributed by atoms with Gasteiger partial charge in [-0.05, 0) is 59.6 Å². The summed E-state index contributed by atoms with van der Waals surface area (Å²) in [5, 5.41) is 1.17. The third-order valence-electron chi connectivity index (χ3n) is 7.92. The molecule has 38 heavy (non-hydrogen) atoms. The summed E-state index contributed by atoms with van der Waals surface area (Å²) in [6, 6.07) is 12.4. The van der Waals surface area contributed by atoms with Crippen LogP contribution in [0.1, 0.15) is 53.9 Å². The summed E-state index contributed by atoms with van der Waals surface area (Å²) >= 11 is 1.65. The van der Waals surface area contributed by atoms with Crippen molar-refractivity contribution in [2.45, 2.75) is 46.0 Å². The molecule has 2 aromatic heterocycles. The van der Waals surface area contributed by atoms with Crippen LogP contribution in [0.5, 0.6) is 0 Å². The van der Waals surface area contributed by atoms with Crippen LogP contribution in [0.4, 0.5) is 5.00 Å². The van der Waals surface area contributed by atoms with Crippen molar-refractivity contribution >= 4 is 28.0 Å². The number of carbonyl (C=O) groups excluding carboxylic acids is 2. The molecule has 2 saturated heterocycles. The Kier molecular flexibility index (Phi) is 6.82. The van der Waals surface area contributed by atoms with Crippen LogP contribution in [-0.2, 0) is 22.4 Å². The summed E-state index contributed by atoms with van der Waals surface area (Å²) in [6.45, 7) is 9.19. The maximum atomic E-state index is 13.2. The number of pyridine rings is 1. The Hall–Kier alpha value is -3.03. The second kappa shape index (κ2) is 10.3. The summed E-state index contributed by atoms with van der Waals surface area (Å²) < 4.78 is 5.63. The second-order valence-electron chi connectivity index (χ2n) is 11.5. The second-order valence-corrected chi connectivity index (χ2v) is 12.5. The molecule has 1 aromatic carbocycles. The molecule has 7 heteroatoms. The number of aromatic nitrogens is 1. The van der Waals surface area contributed by atoms with Crippen molar-refractivity contribution in [3.63, 3.8) is 0 Å². The van der Waals surface area contributed by atoms with Crippen LogP contribution >= 0.6 is 11.3 Å². The van der Waals surface area contributed by atoms with Gasteiger partial charge in [0.25, 0.3) is 0 Å². The normalized spacial score (nSPS) is 19.1. The molecule has 2 fully saturated rings. The first-order valence-electron chi connectivity index (χ1n) is 13.7. The van der Waals surface area contributed by atoms with Crippen LogP contribution < -0.4 is 4.90 Å². The van der Waals surface area contributed by atoms with Crippen LogP contribution in [0.15, 0.2) is 42.6 Å². The topological polar surface area (TPSA) is 62.7 Å². The summed E-state index contributed by atoms with van der Waals surface area (Å²) in [7, 11) is 0. The van der Waals surface area contributed by atoms with E-state index in [1.54, 1.807) is 11.3 Å². The van der Waals surface area contributed by atoms with Gasteiger partial charge in [0.05, 0.1) is 35.2 Å². The Morgan fingerprint density at radius 3 is 2.61 bits per heavy atom. The molecular formula is C31H35N3O3S. The zero-order valence-electron chi connectivity index (χ0n) is 22.3. The number of amides is 1. The van der Waals surface area contributed by atoms with Gasteiger partial charge in [0.2, 0.25) is 5.91 Å². The van der Waals surface area contributed by atoms with E-state index in [-0.39, 0.29) is 17.1 Å². The van der Waals surface area contributed by atoms with E-state index in [0.29, 0.717) is 26.1 Å². The number of anilines is 1. The Bertz CT molecular complexity index is 1370. The lowest BCUT2D eigenvalue weighted by Crippen LogP contribution is -2.36. The van der Waals surface area contributed by atoms with Crippen molar-refractivity contribution in [1.82, 2.24) is 9.88 Å². The van der Waals surface area contributed by atoms with Gasteiger partial charge in [-0.25, -0.2) is 0 Å². The number of likely N-dealkylation sites (tertiary alicyclic amines) is 1. The highest BCUT2D eigenvalue weighted by molar-refractivity contribution is 7.19. The molecule has 0 N–H and O–H groups in total. The molecule has 2 aliphatic heterocycles. The van der Waals surface area contributed by atoms with Crippen molar-refractivity contribution in [2.75, 3.05) is 44.3 Å². The summed E-state index contributed by atoms with van der Waals surface area (Å²) in [5.74, 6) is 0.459. The molecule has 1 aliphatic carbocycles. The van der Waals surface area contributed by atoms with Crippen molar-refractivity contribution in [3.05, 3.63) is 58.6 Å². The van der Waals surface area contributed by atoms with Gasteiger partial charge in [0.15, 0.2) is 5.78 Å². The van der Waals surface area contributed by atoms with Gasteiger partial charge in [-0.3, -0.25) is 14.6 Å². The zero-order valence-corrected chi connectivity index (χ0v) is 23.1. The maximum absolute atomic E-state index is 13.2. The van der Waals surface area contributed by atoms with E-state index in [0.717, 1.165) is 72.7 Å². The Morgan fingerprint density at radius 2 is 1.82 bits per heavy atom. The number of hydrogen-bond acceptors (Lipinski definition) is 6. The Balaban J connectivity index is 1.37. The van der Waals surface area contributed by atoms with E-state index in [4.69, 9.17) is 9.72 Å². The van der Waals surface area contributed by atoms with Crippen molar-refractivity contribution in [3.8, 4) is 22.4 Å². The molecular weight excluding hydrogens is 494 g/mol. The summed E-state index contributed by atoms with van der Waals surface area (Å²) in [5.41, 5.74) is 6.30. The number of nitrogens with zero attached hydrogens (tertiary/aromatic N) is 3. The molecule has 3 aromatic rings. The molecule has 4 heterocycles.